The zero-order valence-corrected chi connectivity index (χ0v) is 16.0. The lowest BCUT2D eigenvalue weighted by atomic mass is 10.2. The van der Waals surface area contributed by atoms with Crippen LogP contribution in [0.25, 0.3) is 0 Å². The number of benzene rings is 1. The minimum atomic E-state index is -0.609. The van der Waals surface area contributed by atoms with Crippen LogP contribution in [-0.2, 0) is 0 Å². The third-order valence-electron chi connectivity index (χ3n) is 3.23. The monoisotopic (exact) mass is 426 g/mol. The first-order valence-corrected chi connectivity index (χ1v) is 8.90. The number of hydrogen-bond donors (Lipinski definition) is 1. The molecule has 0 radical (unpaired) electrons. The lowest BCUT2D eigenvalue weighted by Gasteiger charge is -2.14. The van der Waals surface area contributed by atoms with E-state index in [2.05, 4.69) is 21.2 Å². The van der Waals surface area contributed by atoms with Crippen molar-refractivity contribution in [3.63, 3.8) is 0 Å². The summed E-state index contributed by atoms with van der Waals surface area (Å²) >= 11 is 3.11. The van der Waals surface area contributed by atoms with Gasteiger partial charge in [-0.15, -0.1) is 0 Å². The van der Waals surface area contributed by atoms with Crippen LogP contribution in [0.2, 0.25) is 0 Å². The number of rotatable bonds is 9. The molecule has 0 aliphatic rings. The fourth-order valence-corrected chi connectivity index (χ4v) is 2.38. The number of anilines is 1. The Bertz CT molecular complexity index is 790. The quantitative estimate of drug-likeness (QED) is 0.456. The van der Waals surface area contributed by atoms with E-state index >= 15 is 0 Å². The molecule has 1 heterocycles. The number of furan rings is 1. The Balaban J connectivity index is 2.38. The number of amides is 1. The number of nitro groups is 1. The molecule has 0 aliphatic carbocycles. The van der Waals surface area contributed by atoms with Gasteiger partial charge >= 0.3 is 0 Å². The van der Waals surface area contributed by atoms with E-state index in [4.69, 9.17) is 13.9 Å². The van der Waals surface area contributed by atoms with Crippen LogP contribution >= 0.6 is 15.9 Å². The van der Waals surface area contributed by atoms with Gasteiger partial charge in [-0.1, -0.05) is 13.8 Å². The van der Waals surface area contributed by atoms with Crippen LogP contribution in [0.5, 0.6) is 11.5 Å². The van der Waals surface area contributed by atoms with Gasteiger partial charge in [0.15, 0.2) is 21.9 Å². The summed E-state index contributed by atoms with van der Waals surface area (Å²) < 4.78 is 16.7. The Labute approximate surface area is 158 Å². The first kappa shape index (κ1) is 19.8. The van der Waals surface area contributed by atoms with Crippen molar-refractivity contribution in [2.45, 2.75) is 26.7 Å². The van der Waals surface area contributed by atoms with E-state index in [9.17, 15) is 14.9 Å². The first-order valence-electron chi connectivity index (χ1n) is 8.11. The van der Waals surface area contributed by atoms with E-state index in [0.29, 0.717) is 23.6 Å². The van der Waals surface area contributed by atoms with Gasteiger partial charge in [0.2, 0.25) is 0 Å². The number of ether oxygens (including phenoxy) is 2. The predicted molar refractivity (Wildman–Crippen MR) is 99.0 cm³/mol. The molecule has 0 spiro atoms. The minimum absolute atomic E-state index is 0.00229. The maximum atomic E-state index is 12.3. The smallest absolute Gasteiger partial charge is 0.296 e. The number of hydrogen-bond acceptors (Lipinski definition) is 6. The van der Waals surface area contributed by atoms with Gasteiger partial charge < -0.3 is 19.2 Å². The summed E-state index contributed by atoms with van der Waals surface area (Å²) in [6, 6.07) is 5.67. The summed E-state index contributed by atoms with van der Waals surface area (Å²) in [5, 5.41) is 13.9. The van der Waals surface area contributed by atoms with Gasteiger partial charge in [0.05, 0.1) is 24.2 Å². The average molecular weight is 427 g/mol. The van der Waals surface area contributed by atoms with E-state index in [0.717, 1.165) is 12.8 Å². The van der Waals surface area contributed by atoms with Crippen LogP contribution in [0.3, 0.4) is 0 Å². The zero-order valence-electron chi connectivity index (χ0n) is 14.4. The largest absolute Gasteiger partial charge is 0.490 e. The molecule has 1 aromatic carbocycles. The second-order valence-electron chi connectivity index (χ2n) is 5.33. The molecule has 1 aromatic heterocycles. The van der Waals surface area contributed by atoms with Crippen LogP contribution in [-0.4, -0.2) is 24.0 Å². The Kier molecular flexibility index (Phi) is 7.02. The summed E-state index contributed by atoms with van der Waals surface area (Å²) in [6.45, 7) is 4.68. The lowest BCUT2D eigenvalue weighted by molar-refractivity contribution is -0.384. The second-order valence-corrected chi connectivity index (χ2v) is 6.11. The van der Waals surface area contributed by atoms with E-state index in [1.54, 1.807) is 6.07 Å². The molecule has 2 aromatic rings. The molecule has 1 N–H and O–H groups in total. The van der Waals surface area contributed by atoms with Crippen LogP contribution < -0.4 is 14.8 Å². The number of nitrogens with zero attached hydrogens (tertiary/aromatic N) is 1. The molecule has 140 valence electrons. The highest BCUT2D eigenvalue weighted by molar-refractivity contribution is 9.10. The standard InChI is InChI=1S/C17H19BrN2O6/c1-3-7-24-14-9-11(19-17(21)13-5-6-16(18)26-13)12(20(22)23)10-15(14)25-8-4-2/h5-6,9-10H,3-4,7-8H2,1-2H3,(H,19,21). The third kappa shape index (κ3) is 4.98. The summed E-state index contributed by atoms with van der Waals surface area (Å²) in [5.41, 5.74) is -0.290. The van der Waals surface area contributed by atoms with Gasteiger partial charge in [-0.25, -0.2) is 0 Å². The normalized spacial score (nSPS) is 10.4. The van der Waals surface area contributed by atoms with Crippen molar-refractivity contribution >= 4 is 33.2 Å². The van der Waals surface area contributed by atoms with Crippen LogP contribution in [0.15, 0.2) is 33.4 Å². The summed E-state index contributed by atoms with van der Waals surface area (Å²) in [7, 11) is 0. The second kappa shape index (κ2) is 9.23. The number of nitro benzene ring substituents is 1. The Morgan fingerprint density at radius 2 is 1.81 bits per heavy atom. The number of carbonyl (C=O) groups excluding carboxylic acids is 1. The topological polar surface area (TPSA) is 104 Å². The molecular formula is C17H19BrN2O6. The predicted octanol–water partition coefficient (Wildman–Crippen LogP) is 4.78. The Hall–Kier alpha value is -2.55. The highest BCUT2D eigenvalue weighted by Gasteiger charge is 2.23. The fraction of sp³-hybridized carbons (Fsp3) is 0.353. The van der Waals surface area contributed by atoms with Crippen molar-refractivity contribution in [3.8, 4) is 11.5 Å². The maximum Gasteiger partial charge on any atom is 0.296 e. The van der Waals surface area contributed by atoms with Gasteiger partial charge in [-0.2, -0.15) is 0 Å². The molecule has 0 fully saturated rings. The third-order valence-corrected chi connectivity index (χ3v) is 3.65. The van der Waals surface area contributed by atoms with Crippen molar-refractivity contribution in [2.24, 2.45) is 0 Å². The van der Waals surface area contributed by atoms with Crippen molar-refractivity contribution < 1.29 is 23.6 Å². The molecule has 8 nitrogen and oxygen atoms in total. The molecule has 0 saturated heterocycles. The van der Waals surface area contributed by atoms with E-state index in [-0.39, 0.29) is 22.9 Å². The molecule has 9 heteroatoms. The van der Waals surface area contributed by atoms with Gasteiger partial charge in [0, 0.05) is 6.07 Å². The molecule has 0 atom stereocenters. The average Bonchev–Trinajstić information content (AvgIpc) is 3.05. The molecule has 0 unspecified atom stereocenters. The molecule has 2 rings (SSSR count). The van der Waals surface area contributed by atoms with Gasteiger partial charge in [-0.05, 0) is 40.9 Å². The Morgan fingerprint density at radius 1 is 1.19 bits per heavy atom. The van der Waals surface area contributed by atoms with Crippen molar-refractivity contribution in [3.05, 3.63) is 44.8 Å². The lowest BCUT2D eigenvalue weighted by Crippen LogP contribution is -2.13. The Morgan fingerprint density at radius 3 is 2.31 bits per heavy atom. The van der Waals surface area contributed by atoms with E-state index in [1.165, 1.54) is 18.2 Å². The number of carbonyl (C=O) groups is 1. The highest BCUT2D eigenvalue weighted by atomic mass is 79.9. The summed E-state index contributed by atoms with van der Waals surface area (Å²) in [6.07, 6.45) is 1.50. The molecule has 0 saturated carbocycles. The van der Waals surface area contributed by atoms with E-state index < -0.39 is 10.8 Å². The number of halogens is 1. The maximum absolute atomic E-state index is 12.3. The van der Waals surface area contributed by atoms with Crippen LogP contribution in [0, 0.1) is 10.1 Å². The van der Waals surface area contributed by atoms with Gasteiger partial charge in [0.25, 0.3) is 11.6 Å². The molecular weight excluding hydrogens is 408 g/mol. The van der Waals surface area contributed by atoms with Crippen LogP contribution in [0.1, 0.15) is 37.2 Å². The zero-order chi connectivity index (χ0) is 19.1. The molecule has 0 bridgehead atoms. The van der Waals surface area contributed by atoms with Crippen molar-refractivity contribution in [2.75, 3.05) is 18.5 Å². The summed E-state index contributed by atoms with van der Waals surface area (Å²) in [5.74, 6) is 0.0172. The van der Waals surface area contributed by atoms with Gasteiger partial charge in [-0.3, -0.25) is 14.9 Å². The SMILES string of the molecule is CCCOc1cc(NC(=O)c2ccc(Br)o2)c([N+](=O)[O-])cc1OCCC. The number of nitrogens with one attached hydrogen (secondary N) is 1. The molecule has 1 amide bonds. The van der Waals surface area contributed by atoms with Gasteiger partial charge in [0.1, 0.15) is 5.69 Å². The highest BCUT2D eigenvalue weighted by Crippen LogP contribution is 2.38. The van der Waals surface area contributed by atoms with E-state index in [1.807, 2.05) is 13.8 Å². The van der Waals surface area contributed by atoms with Crippen molar-refractivity contribution in [1.29, 1.82) is 0 Å². The first-order chi connectivity index (χ1) is 12.5. The summed E-state index contributed by atoms with van der Waals surface area (Å²) in [4.78, 5) is 23.1. The molecule has 0 aliphatic heterocycles. The molecule has 26 heavy (non-hydrogen) atoms. The fourth-order valence-electron chi connectivity index (χ4n) is 2.07. The van der Waals surface area contributed by atoms with Crippen molar-refractivity contribution in [1.82, 2.24) is 0 Å². The van der Waals surface area contributed by atoms with Crippen LogP contribution in [0.4, 0.5) is 11.4 Å². The minimum Gasteiger partial charge on any atom is -0.490 e.